The molecule has 1 aromatic carbocycles. The Balaban J connectivity index is 2.37. The van der Waals surface area contributed by atoms with Crippen molar-refractivity contribution in [2.75, 3.05) is 5.73 Å². The second-order valence-electron chi connectivity index (χ2n) is 3.72. The normalized spacial score (nSPS) is 11.8. The lowest BCUT2D eigenvalue weighted by atomic mass is 10.2. The van der Waals surface area contributed by atoms with E-state index in [1.165, 1.54) is 23.7 Å². The number of aromatic nitrogens is 3. The molecule has 1 aromatic heterocycles. The summed E-state index contributed by atoms with van der Waals surface area (Å²) in [6.07, 6.45) is -4.52. The molecule has 0 atom stereocenters. The number of hydrogen-bond acceptors (Lipinski definition) is 4. The number of halogens is 3. The molecule has 5 nitrogen and oxygen atoms in total. The molecule has 0 spiro atoms. The van der Waals surface area contributed by atoms with E-state index in [-0.39, 0.29) is 10.8 Å². The molecule has 0 amide bonds. The molecule has 102 valence electrons. The molecule has 0 saturated carbocycles. The Kier molecular flexibility index (Phi) is 3.31. The SMILES string of the molecule is Cn1c(Sc2ccc(N)c(C(F)(F)F)c2)n[nH]c1=O. The van der Waals surface area contributed by atoms with E-state index in [1.54, 1.807) is 0 Å². The number of anilines is 1. The van der Waals surface area contributed by atoms with E-state index in [1.807, 2.05) is 0 Å². The van der Waals surface area contributed by atoms with Gasteiger partial charge in [0.15, 0.2) is 5.16 Å². The first-order chi connectivity index (χ1) is 8.79. The Morgan fingerprint density at radius 1 is 1.42 bits per heavy atom. The number of alkyl halides is 3. The van der Waals surface area contributed by atoms with Crippen LogP contribution in [0.4, 0.5) is 18.9 Å². The molecule has 9 heteroatoms. The fraction of sp³-hybridized carbons (Fsp3) is 0.200. The summed E-state index contributed by atoms with van der Waals surface area (Å²) >= 11 is 0.939. The van der Waals surface area contributed by atoms with Crippen molar-refractivity contribution >= 4 is 17.4 Å². The van der Waals surface area contributed by atoms with E-state index in [0.29, 0.717) is 4.90 Å². The van der Waals surface area contributed by atoms with Crippen molar-refractivity contribution in [2.24, 2.45) is 7.05 Å². The van der Waals surface area contributed by atoms with E-state index in [4.69, 9.17) is 5.73 Å². The lowest BCUT2D eigenvalue weighted by Crippen LogP contribution is -2.12. The lowest BCUT2D eigenvalue weighted by Gasteiger charge is -2.11. The third kappa shape index (κ3) is 2.75. The van der Waals surface area contributed by atoms with Crippen molar-refractivity contribution in [3.63, 3.8) is 0 Å². The van der Waals surface area contributed by atoms with E-state index >= 15 is 0 Å². The van der Waals surface area contributed by atoms with Gasteiger partial charge in [0.1, 0.15) is 0 Å². The maximum Gasteiger partial charge on any atom is 0.418 e. The number of nitrogen functional groups attached to an aromatic ring is 1. The van der Waals surface area contributed by atoms with Crippen LogP contribution in [0.1, 0.15) is 5.56 Å². The molecular formula is C10H9F3N4OS. The van der Waals surface area contributed by atoms with Crippen molar-refractivity contribution < 1.29 is 13.2 Å². The Hall–Kier alpha value is -1.90. The number of nitrogens with two attached hydrogens (primary N) is 1. The highest BCUT2D eigenvalue weighted by Gasteiger charge is 2.33. The minimum Gasteiger partial charge on any atom is -0.398 e. The van der Waals surface area contributed by atoms with Gasteiger partial charge >= 0.3 is 11.9 Å². The minimum absolute atomic E-state index is 0.267. The summed E-state index contributed by atoms with van der Waals surface area (Å²) in [6, 6.07) is 3.55. The smallest absolute Gasteiger partial charge is 0.398 e. The summed E-state index contributed by atoms with van der Waals surface area (Å²) in [5.74, 6) is 0. The number of nitrogens with one attached hydrogen (secondary N) is 1. The number of rotatable bonds is 2. The van der Waals surface area contributed by atoms with Crippen molar-refractivity contribution in [3.05, 3.63) is 34.2 Å². The fourth-order valence-electron chi connectivity index (χ4n) is 1.37. The van der Waals surface area contributed by atoms with E-state index in [2.05, 4.69) is 10.2 Å². The van der Waals surface area contributed by atoms with Gasteiger partial charge in [0.25, 0.3) is 0 Å². The third-order valence-electron chi connectivity index (χ3n) is 2.38. The first-order valence-electron chi connectivity index (χ1n) is 5.05. The van der Waals surface area contributed by atoms with Crippen LogP contribution in [0.3, 0.4) is 0 Å². The zero-order valence-corrected chi connectivity index (χ0v) is 10.5. The highest BCUT2D eigenvalue weighted by atomic mass is 32.2. The van der Waals surface area contributed by atoms with Gasteiger partial charge in [-0.1, -0.05) is 0 Å². The van der Waals surface area contributed by atoms with Crippen LogP contribution in [-0.2, 0) is 13.2 Å². The maximum atomic E-state index is 12.7. The van der Waals surface area contributed by atoms with Gasteiger partial charge in [0, 0.05) is 17.6 Å². The highest BCUT2D eigenvalue weighted by Crippen LogP contribution is 2.37. The first kappa shape index (κ1) is 13.5. The Morgan fingerprint density at radius 2 is 2.11 bits per heavy atom. The maximum absolute atomic E-state index is 12.7. The lowest BCUT2D eigenvalue weighted by molar-refractivity contribution is -0.137. The monoisotopic (exact) mass is 290 g/mol. The van der Waals surface area contributed by atoms with Gasteiger partial charge in [-0.05, 0) is 30.0 Å². The number of nitrogens with zero attached hydrogens (tertiary/aromatic N) is 2. The molecule has 0 bridgehead atoms. The molecule has 3 N–H and O–H groups in total. The summed E-state index contributed by atoms with van der Waals surface area (Å²) in [5, 5.41) is 6.17. The molecule has 2 aromatic rings. The number of H-pyrrole nitrogens is 1. The molecule has 1 heterocycles. The molecule has 0 saturated heterocycles. The van der Waals surface area contributed by atoms with Crippen LogP contribution >= 0.6 is 11.8 Å². The zero-order valence-electron chi connectivity index (χ0n) is 9.65. The van der Waals surface area contributed by atoms with Crippen LogP contribution in [0.2, 0.25) is 0 Å². The predicted octanol–water partition coefficient (Wildman–Crippen LogP) is 1.86. The minimum atomic E-state index is -4.52. The molecule has 0 fully saturated rings. The summed E-state index contributed by atoms with van der Waals surface area (Å²) in [7, 11) is 1.47. The van der Waals surface area contributed by atoms with E-state index in [9.17, 15) is 18.0 Å². The summed E-state index contributed by atoms with van der Waals surface area (Å²) in [5.41, 5.74) is 3.62. The molecule has 0 unspecified atom stereocenters. The number of benzene rings is 1. The number of hydrogen-bond donors (Lipinski definition) is 2. The highest BCUT2D eigenvalue weighted by molar-refractivity contribution is 7.99. The summed E-state index contributed by atoms with van der Waals surface area (Å²) < 4.78 is 39.3. The largest absolute Gasteiger partial charge is 0.418 e. The average molecular weight is 290 g/mol. The predicted molar refractivity (Wildman–Crippen MR) is 63.8 cm³/mol. The van der Waals surface area contributed by atoms with Gasteiger partial charge in [-0.25, -0.2) is 9.89 Å². The Morgan fingerprint density at radius 3 is 2.63 bits per heavy atom. The molecular weight excluding hydrogens is 281 g/mol. The average Bonchev–Trinajstić information content (AvgIpc) is 2.62. The van der Waals surface area contributed by atoms with Crippen LogP contribution < -0.4 is 11.4 Å². The van der Waals surface area contributed by atoms with Crippen molar-refractivity contribution in [1.82, 2.24) is 14.8 Å². The van der Waals surface area contributed by atoms with Gasteiger partial charge < -0.3 is 5.73 Å². The van der Waals surface area contributed by atoms with Crippen LogP contribution in [-0.4, -0.2) is 14.8 Å². The topological polar surface area (TPSA) is 76.7 Å². The Labute approximate surface area is 109 Å². The van der Waals surface area contributed by atoms with Gasteiger partial charge in [0.05, 0.1) is 5.56 Å². The fourth-order valence-corrected chi connectivity index (χ4v) is 2.21. The van der Waals surface area contributed by atoms with Gasteiger partial charge in [-0.15, -0.1) is 5.10 Å². The molecule has 19 heavy (non-hydrogen) atoms. The van der Waals surface area contributed by atoms with Crippen LogP contribution in [0.5, 0.6) is 0 Å². The quantitative estimate of drug-likeness (QED) is 0.828. The first-order valence-corrected chi connectivity index (χ1v) is 5.86. The molecule has 2 rings (SSSR count). The van der Waals surface area contributed by atoms with Crippen molar-refractivity contribution in [2.45, 2.75) is 16.2 Å². The number of aromatic amines is 1. The second kappa shape index (κ2) is 4.65. The van der Waals surface area contributed by atoms with Crippen LogP contribution in [0.15, 0.2) is 33.0 Å². The molecule has 0 aliphatic heterocycles. The van der Waals surface area contributed by atoms with E-state index in [0.717, 1.165) is 17.8 Å². The second-order valence-corrected chi connectivity index (χ2v) is 4.76. The Bertz CT molecular complexity index is 662. The molecule has 0 radical (unpaired) electrons. The van der Waals surface area contributed by atoms with Crippen LogP contribution in [0.25, 0.3) is 0 Å². The van der Waals surface area contributed by atoms with Gasteiger partial charge in [-0.2, -0.15) is 13.2 Å². The van der Waals surface area contributed by atoms with Gasteiger partial charge in [-0.3, -0.25) is 4.57 Å². The van der Waals surface area contributed by atoms with Crippen molar-refractivity contribution in [1.29, 1.82) is 0 Å². The standard InChI is InChI=1S/C10H9F3N4OS/c1-17-8(18)15-16-9(17)19-5-2-3-7(14)6(4-5)10(11,12)13/h2-4H,14H2,1H3,(H,15,18). The van der Waals surface area contributed by atoms with Crippen molar-refractivity contribution in [3.8, 4) is 0 Å². The summed E-state index contributed by atoms with van der Waals surface area (Å²) in [6.45, 7) is 0. The third-order valence-corrected chi connectivity index (χ3v) is 3.42. The summed E-state index contributed by atoms with van der Waals surface area (Å²) in [4.78, 5) is 11.4. The van der Waals surface area contributed by atoms with Gasteiger partial charge in [0.2, 0.25) is 0 Å². The van der Waals surface area contributed by atoms with Crippen LogP contribution in [0, 0.1) is 0 Å². The molecule has 0 aliphatic carbocycles. The molecule has 0 aliphatic rings. The zero-order chi connectivity index (χ0) is 14.2. The van der Waals surface area contributed by atoms with E-state index < -0.39 is 17.4 Å².